The molecule has 5 heteroatoms. The summed E-state index contributed by atoms with van der Waals surface area (Å²) in [5.74, 6) is -0.580. The average molecular weight is 356 g/mol. The van der Waals surface area contributed by atoms with Gasteiger partial charge >= 0.3 is 5.97 Å². The van der Waals surface area contributed by atoms with E-state index in [4.69, 9.17) is 4.74 Å². The molecule has 1 aromatic heterocycles. The van der Waals surface area contributed by atoms with Crippen molar-refractivity contribution in [1.82, 2.24) is 9.88 Å². The Labute approximate surface area is 155 Å². The molecule has 0 bridgehead atoms. The third-order valence-electron chi connectivity index (χ3n) is 4.13. The van der Waals surface area contributed by atoms with Crippen LogP contribution in [0.5, 0.6) is 0 Å². The van der Waals surface area contributed by atoms with Gasteiger partial charge in [0.05, 0.1) is 12.2 Å². The monoisotopic (exact) mass is 356 g/mol. The van der Waals surface area contributed by atoms with Crippen molar-refractivity contribution in [2.24, 2.45) is 0 Å². The average Bonchev–Trinajstić information content (AvgIpc) is 2.77. The molecule has 0 atom stereocenters. The lowest BCUT2D eigenvalue weighted by Gasteiger charge is -2.20. The first kappa shape index (κ1) is 19.8. The Hall–Kier alpha value is -2.56. The Balaban J connectivity index is 2.55. The molecule has 1 amide bonds. The summed E-state index contributed by atoms with van der Waals surface area (Å²) in [6.45, 7) is 12.0. The number of hydrogen-bond acceptors (Lipinski definition) is 3. The molecule has 0 saturated carbocycles. The van der Waals surface area contributed by atoms with Crippen LogP contribution in [0.15, 0.2) is 30.3 Å². The van der Waals surface area contributed by atoms with E-state index in [0.29, 0.717) is 23.4 Å². The minimum absolute atomic E-state index is 0.176. The molecular formula is C21H28N2O3. The number of carbonyl (C=O) groups is 2. The van der Waals surface area contributed by atoms with Crippen molar-refractivity contribution in [2.45, 2.75) is 53.6 Å². The first-order valence-corrected chi connectivity index (χ1v) is 8.89. The van der Waals surface area contributed by atoms with Crippen LogP contribution >= 0.6 is 0 Å². The highest BCUT2D eigenvalue weighted by Gasteiger charge is 2.28. The fourth-order valence-corrected chi connectivity index (χ4v) is 3.06. The van der Waals surface area contributed by atoms with E-state index >= 15 is 0 Å². The first-order chi connectivity index (χ1) is 12.2. The molecule has 1 heterocycles. The predicted molar refractivity (Wildman–Crippen MR) is 103 cm³/mol. The summed E-state index contributed by atoms with van der Waals surface area (Å²) >= 11 is 0. The maximum atomic E-state index is 12.8. The van der Waals surface area contributed by atoms with E-state index < -0.39 is 5.97 Å². The van der Waals surface area contributed by atoms with Crippen molar-refractivity contribution in [3.63, 3.8) is 0 Å². The number of nitrogens with one attached hydrogen (secondary N) is 1. The van der Waals surface area contributed by atoms with E-state index in [-0.39, 0.29) is 18.1 Å². The zero-order valence-electron chi connectivity index (χ0n) is 16.5. The predicted octanol–water partition coefficient (Wildman–Crippen LogP) is 3.86. The third kappa shape index (κ3) is 4.34. The van der Waals surface area contributed by atoms with Crippen molar-refractivity contribution in [1.29, 1.82) is 0 Å². The van der Waals surface area contributed by atoms with Crippen LogP contribution in [-0.4, -0.2) is 28.6 Å². The SMILES string of the molecule is CCOC(=O)c1c(C)c(C(=O)NC(C)(C)C)c(C)n1Cc1ccccc1. The maximum Gasteiger partial charge on any atom is 0.355 e. The Bertz CT molecular complexity index is 799. The van der Waals surface area contributed by atoms with Gasteiger partial charge in [0, 0.05) is 17.8 Å². The number of rotatable bonds is 5. The fourth-order valence-electron chi connectivity index (χ4n) is 3.06. The van der Waals surface area contributed by atoms with Gasteiger partial charge in [-0.2, -0.15) is 0 Å². The minimum atomic E-state index is -0.404. The van der Waals surface area contributed by atoms with Gasteiger partial charge in [0.25, 0.3) is 5.91 Å². The zero-order valence-corrected chi connectivity index (χ0v) is 16.5. The molecule has 2 rings (SSSR count). The minimum Gasteiger partial charge on any atom is -0.461 e. The molecule has 2 aromatic rings. The largest absolute Gasteiger partial charge is 0.461 e. The maximum absolute atomic E-state index is 12.8. The Morgan fingerprint density at radius 3 is 2.27 bits per heavy atom. The highest BCUT2D eigenvalue weighted by molar-refractivity contribution is 6.01. The molecule has 0 fully saturated rings. The topological polar surface area (TPSA) is 60.3 Å². The van der Waals surface area contributed by atoms with Crippen molar-refractivity contribution in [3.05, 3.63) is 58.4 Å². The van der Waals surface area contributed by atoms with Crippen LogP contribution in [0.25, 0.3) is 0 Å². The molecular weight excluding hydrogens is 328 g/mol. The summed E-state index contributed by atoms with van der Waals surface area (Å²) in [6.07, 6.45) is 0. The van der Waals surface area contributed by atoms with E-state index in [0.717, 1.165) is 11.3 Å². The van der Waals surface area contributed by atoms with Crippen molar-refractivity contribution >= 4 is 11.9 Å². The highest BCUT2D eigenvalue weighted by atomic mass is 16.5. The summed E-state index contributed by atoms with van der Waals surface area (Å²) < 4.78 is 7.12. The second-order valence-electron chi connectivity index (χ2n) is 7.43. The van der Waals surface area contributed by atoms with Crippen LogP contribution in [0.1, 0.15) is 65.4 Å². The zero-order chi connectivity index (χ0) is 19.5. The van der Waals surface area contributed by atoms with Gasteiger partial charge in [-0.3, -0.25) is 4.79 Å². The standard InChI is InChI=1S/C21H28N2O3/c1-7-26-20(25)18-14(2)17(19(24)22-21(4,5)6)15(3)23(18)13-16-11-9-8-10-12-16/h8-12H,7,13H2,1-6H3,(H,22,24). The first-order valence-electron chi connectivity index (χ1n) is 8.89. The van der Waals surface area contributed by atoms with Gasteiger partial charge in [-0.05, 0) is 52.7 Å². The molecule has 0 aliphatic heterocycles. The summed E-state index contributed by atoms with van der Waals surface area (Å²) in [6, 6.07) is 9.86. The second kappa shape index (κ2) is 7.77. The van der Waals surface area contributed by atoms with Gasteiger partial charge in [-0.25, -0.2) is 4.79 Å². The molecule has 140 valence electrons. The Morgan fingerprint density at radius 1 is 1.12 bits per heavy atom. The summed E-state index contributed by atoms with van der Waals surface area (Å²) in [5, 5.41) is 2.99. The lowest BCUT2D eigenvalue weighted by Crippen LogP contribution is -2.41. The Morgan fingerprint density at radius 2 is 1.73 bits per heavy atom. The van der Waals surface area contributed by atoms with Crippen LogP contribution < -0.4 is 5.32 Å². The smallest absolute Gasteiger partial charge is 0.355 e. The van der Waals surface area contributed by atoms with Gasteiger partial charge in [0.1, 0.15) is 5.69 Å². The molecule has 0 unspecified atom stereocenters. The second-order valence-corrected chi connectivity index (χ2v) is 7.43. The van der Waals surface area contributed by atoms with Crippen molar-refractivity contribution in [3.8, 4) is 0 Å². The third-order valence-corrected chi connectivity index (χ3v) is 4.13. The van der Waals surface area contributed by atoms with Gasteiger partial charge in [-0.15, -0.1) is 0 Å². The number of amides is 1. The summed E-state index contributed by atoms with van der Waals surface area (Å²) in [5.41, 5.74) is 3.08. The molecule has 1 N–H and O–H groups in total. The fraction of sp³-hybridized carbons (Fsp3) is 0.429. The van der Waals surface area contributed by atoms with E-state index in [1.54, 1.807) is 13.8 Å². The van der Waals surface area contributed by atoms with Crippen molar-refractivity contribution in [2.75, 3.05) is 6.61 Å². The van der Waals surface area contributed by atoms with Gasteiger partial charge < -0.3 is 14.6 Å². The van der Waals surface area contributed by atoms with E-state index in [9.17, 15) is 9.59 Å². The normalized spacial score (nSPS) is 11.3. The molecule has 0 saturated heterocycles. The van der Waals surface area contributed by atoms with Crippen molar-refractivity contribution < 1.29 is 14.3 Å². The number of nitrogens with zero attached hydrogens (tertiary/aromatic N) is 1. The quantitative estimate of drug-likeness (QED) is 0.828. The van der Waals surface area contributed by atoms with Gasteiger partial charge in [-0.1, -0.05) is 30.3 Å². The number of ether oxygens (including phenoxy) is 1. The van der Waals surface area contributed by atoms with Crippen LogP contribution in [0, 0.1) is 13.8 Å². The lowest BCUT2D eigenvalue weighted by molar-refractivity contribution is 0.0513. The van der Waals surface area contributed by atoms with Crippen LogP contribution in [0.3, 0.4) is 0 Å². The van der Waals surface area contributed by atoms with Crippen LogP contribution in [0.4, 0.5) is 0 Å². The lowest BCUT2D eigenvalue weighted by atomic mass is 10.1. The van der Waals surface area contributed by atoms with Crippen LogP contribution in [-0.2, 0) is 11.3 Å². The van der Waals surface area contributed by atoms with Gasteiger partial charge in [0.2, 0.25) is 0 Å². The van der Waals surface area contributed by atoms with E-state index in [2.05, 4.69) is 5.32 Å². The number of hydrogen-bond donors (Lipinski definition) is 1. The van der Waals surface area contributed by atoms with Crippen LogP contribution in [0.2, 0.25) is 0 Å². The molecule has 0 spiro atoms. The van der Waals surface area contributed by atoms with Gasteiger partial charge in [0.15, 0.2) is 0 Å². The highest BCUT2D eigenvalue weighted by Crippen LogP contribution is 2.25. The molecule has 0 aliphatic carbocycles. The molecule has 26 heavy (non-hydrogen) atoms. The molecule has 5 nitrogen and oxygen atoms in total. The summed E-state index contributed by atoms with van der Waals surface area (Å²) in [7, 11) is 0. The number of esters is 1. The number of benzene rings is 1. The molecule has 0 aliphatic rings. The number of carbonyl (C=O) groups excluding carboxylic acids is 2. The Kier molecular flexibility index (Phi) is 5.90. The van der Waals surface area contributed by atoms with E-state index in [1.165, 1.54) is 0 Å². The molecule has 1 aromatic carbocycles. The molecule has 0 radical (unpaired) electrons. The number of aromatic nitrogens is 1. The summed E-state index contributed by atoms with van der Waals surface area (Å²) in [4.78, 5) is 25.4. The van der Waals surface area contributed by atoms with E-state index in [1.807, 2.05) is 62.6 Å².